The standard InChI is InChI=1S/C19H14ClIN2O4S/c1-26-15-8-10(7-14(21)16(15)27-2)6-13-17(24)22-19(28)23(18(13)25)12-5-3-4-11(20)9-12/h3-9H,1-2H3,(H,22,24,28)/b13-6+. The molecule has 0 saturated carbocycles. The number of nitrogens with zero attached hydrogens (tertiary/aromatic N) is 1. The highest BCUT2D eigenvalue weighted by Gasteiger charge is 2.34. The van der Waals surface area contributed by atoms with Crippen molar-refractivity contribution in [2.75, 3.05) is 19.1 Å². The van der Waals surface area contributed by atoms with Crippen LogP contribution in [0.3, 0.4) is 0 Å². The summed E-state index contributed by atoms with van der Waals surface area (Å²) in [6.07, 6.45) is 1.49. The highest BCUT2D eigenvalue weighted by molar-refractivity contribution is 14.1. The van der Waals surface area contributed by atoms with E-state index < -0.39 is 11.8 Å². The van der Waals surface area contributed by atoms with Gasteiger partial charge in [0.15, 0.2) is 16.6 Å². The van der Waals surface area contributed by atoms with Crippen LogP contribution in [0.2, 0.25) is 5.02 Å². The molecule has 1 fully saturated rings. The van der Waals surface area contributed by atoms with Gasteiger partial charge in [0.25, 0.3) is 11.8 Å². The maximum Gasteiger partial charge on any atom is 0.270 e. The normalized spacial score (nSPS) is 15.6. The van der Waals surface area contributed by atoms with Gasteiger partial charge in [0, 0.05) is 5.02 Å². The van der Waals surface area contributed by atoms with Crippen molar-refractivity contribution in [3.63, 3.8) is 0 Å². The lowest BCUT2D eigenvalue weighted by molar-refractivity contribution is -0.122. The summed E-state index contributed by atoms with van der Waals surface area (Å²) in [6, 6.07) is 10.1. The fraction of sp³-hybridized carbons (Fsp3) is 0.105. The number of amides is 2. The van der Waals surface area contributed by atoms with Crippen LogP contribution in [0.4, 0.5) is 5.69 Å². The van der Waals surface area contributed by atoms with Crippen LogP contribution < -0.4 is 19.7 Å². The van der Waals surface area contributed by atoms with Crippen molar-refractivity contribution in [1.29, 1.82) is 0 Å². The maximum atomic E-state index is 13.0. The fourth-order valence-corrected chi connectivity index (χ4v) is 4.01. The Bertz CT molecular complexity index is 1020. The van der Waals surface area contributed by atoms with Gasteiger partial charge in [-0.15, -0.1) is 0 Å². The van der Waals surface area contributed by atoms with Crippen LogP contribution in [-0.4, -0.2) is 31.1 Å². The summed E-state index contributed by atoms with van der Waals surface area (Å²) in [4.78, 5) is 26.7. The molecule has 2 aromatic carbocycles. The lowest BCUT2D eigenvalue weighted by Crippen LogP contribution is -2.54. The SMILES string of the molecule is COc1cc(/C=C2\C(=O)NC(=S)N(c3cccc(Cl)c3)C2=O)cc(I)c1OC. The molecular weight excluding hydrogens is 515 g/mol. The van der Waals surface area contributed by atoms with Crippen LogP contribution in [-0.2, 0) is 9.59 Å². The lowest BCUT2D eigenvalue weighted by atomic mass is 10.1. The minimum Gasteiger partial charge on any atom is -0.493 e. The first-order chi connectivity index (χ1) is 13.3. The second kappa shape index (κ2) is 8.46. The number of nitrogens with one attached hydrogen (secondary N) is 1. The predicted octanol–water partition coefficient (Wildman–Crippen LogP) is 3.79. The molecule has 28 heavy (non-hydrogen) atoms. The summed E-state index contributed by atoms with van der Waals surface area (Å²) < 4.78 is 11.4. The van der Waals surface area contributed by atoms with E-state index in [1.807, 2.05) is 0 Å². The number of hydrogen-bond acceptors (Lipinski definition) is 5. The molecule has 0 radical (unpaired) electrons. The Morgan fingerprint density at radius 1 is 1.18 bits per heavy atom. The first kappa shape index (κ1) is 20.6. The molecule has 3 rings (SSSR count). The molecule has 9 heteroatoms. The Kier molecular flexibility index (Phi) is 6.21. The topological polar surface area (TPSA) is 67.9 Å². The van der Waals surface area contributed by atoms with Crippen LogP contribution in [0.15, 0.2) is 42.0 Å². The Balaban J connectivity index is 2.06. The Labute approximate surface area is 185 Å². The number of thiocarbonyl (C=S) groups is 1. The van der Waals surface area contributed by atoms with Crippen LogP contribution in [0.25, 0.3) is 6.08 Å². The summed E-state index contributed by atoms with van der Waals surface area (Å²) in [7, 11) is 3.06. The number of halogens is 2. The Hall–Kier alpha value is -2.17. The van der Waals surface area contributed by atoms with Gasteiger partial charge in [0.1, 0.15) is 5.57 Å². The van der Waals surface area contributed by atoms with E-state index in [9.17, 15) is 9.59 Å². The molecule has 144 valence electrons. The fourth-order valence-electron chi connectivity index (χ4n) is 2.70. The number of benzene rings is 2. The average molecular weight is 529 g/mol. The van der Waals surface area contributed by atoms with Gasteiger partial charge in [-0.3, -0.25) is 19.8 Å². The van der Waals surface area contributed by atoms with Crippen LogP contribution in [0, 0.1) is 3.57 Å². The number of methoxy groups -OCH3 is 2. The Morgan fingerprint density at radius 2 is 1.93 bits per heavy atom. The van der Waals surface area contributed by atoms with E-state index in [1.54, 1.807) is 43.5 Å². The van der Waals surface area contributed by atoms with Crippen LogP contribution in [0.5, 0.6) is 11.5 Å². The molecular formula is C19H14ClIN2O4S. The molecule has 2 aromatic rings. The van der Waals surface area contributed by atoms with Gasteiger partial charge < -0.3 is 9.47 Å². The second-order valence-corrected chi connectivity index (χ2v) is 7.66. The van der Waals surface area contributed by atoms with Crippen molar-refractivity contribution in [1.82, 2.24) is 5.32 Å². The van der Waals surface area contributed by atoms with Crippen molar-refractivity contribution in [3.8, 4) is 11.5 Å². The molecule has 6 nitrogen and oxygen atoms in total. The van der Waals surface area contributed by atoms with Crippen molar-refractivity contribution in [2.45, 2.75) is 0 Å². The molecule has 0 atom stereocenters. The van der Waals surface area contributed by atoms with Gasteiger partial charge in [-0.1, -0.05) is 17.7 Å². The maximum absolute atomic E-state index is 13.0. The van der Waals surface area contributed by atoms with Crippen molar-refractivity contribution >= 4 is 75.1 Å². The van der Waals surface area contributed by atoms with E-state index in [4.69, 9.17) is 33.3 Å². The number of hydrogen-bond donors (Lipinski definition) is 1. The molecule has 1 aliphatic heterocycles. The van der Waals surface area contributed by atoms with Crippen molar-refractivity contribution in [2.24, 2.45) is 0 Å². The van der Waals surface area contributed by atoms with Crippen LogP contribution >= 0.6 is 46.4 Å². The number of rotatable bonds is 4. The first-order valence-corrected chi connectivity index (χ1v) is 9.80. The number of carbonyl (C=O) groups is 2. The summed E-state index contributed by atoms with van der Waals surface area (Å²) in [5.74, 6) is -0.0441. The number of carbonyl (C=O) groups excluding carboxylic acids is 2. The molecule has 2 amide bonds. The molecule has 0 unspecified atom stereocenters. The average Bonchev–Trinajstić information content (AvgIpc) is 2.64. The largest absolute Gasteiger partial charge is 0.493 e. The van der Waals surface area contributed by atoms with Crippen LogP contribution in [0.1, 0.15) is 5.56 Å². The molecule has 1 heterocycles. The quantitative estimate of drug-likeness (QED) is 0.283. The molecule has 0 aromatic heterocycles. The summed E-state index contributed by atoms with van der Waals surface area (Å²) in [5, 5.41) is 2.99. The smallest absolute Gasteiger partial charge is 0.270 e. The van der Waals surface area contributed by atoms with Gasteiger partial charge in [-0.05, 0) is 76.8 Å². The third-order valence-corrected chi connectivity index (χ3v) is 5.26. The monoisotopic (exact) mass is 528 g/mol. The zero-order chi connectivity index (χ0) is 20.4. The van der Waals surface area contributed by atoms with Gasteiger partial charge in [-0.25, -0.2) is 0 Å². The molecule has 1 saturated heterocycles. The molecule has 1 N–H and O–H groups in total. The highest BCUT2D eigenvalue weighted by atomic mass is 127. The lowest BCUT2D eigenvalue weighted by Gasteiger charge is -2.29. The molecule has 0 aliphatic carbocycles. The zero-order valence-electron chi connectivity index (χ0n) is 14.8. The van der Waals surface area contributed by atoms with Gasteiger partial charge in [0.2, 0.25) is 0 Å². The summed E-state index contributed by atoms with van der Waals surface area (Å²) >= 11 is 13.3. The van der Waals surface area contributed by atoms with E-state index in [0.717, 1.165) is 3.57 Å². The zero-order valence-corrected chi connectivity index (χ0v) is 18.5. The molecule has 0 spiro atoms. The van der Waals surface area contributed by atoms with Crippen molar-refractivity contribution < 1.29 is 19.1 Å². The van der Waals surface area contributed by atoms with E-state index in [-0.39, 0.29) is 10.7 Å². The van der Waals surface area contributed by atoms with E-state index in [1.165, 1.54) is 18.1 Å². The Morgan fingerprint density at radius 3 is 2.57 bits per heavy atom. The highest BCUT2D eigenvalue weighted by Crippen LogP contribution is 2.34. The van der Waals surface area contributed by atoms with Gasteiger partial charge in [0.05, 0.1) is 23.5 Å². The van der Waals surface area contributed by atoms with Gasteiger partial charge >= 0.3 is 0 Å². The van der Waals surface area contributed by atoms with E-state index >= 15 is 0 Å². The first-order valence-electron chi connectivity index (χ1n) is 7.94. The number of ether oxygens (including phenoxy) is 2. The molecule has 1 aliphatic rings. The van der Waals surface area contributed by atoms with Crippen molar-refractivity contribution in [3.05, 3.63) is 56.1 Å². The third kappa shape index (κ3) is 3.98. The number of anilines is 1. The van der Waals surface area contributed by atoms with Gasteiger partial charge in [-0.2, -0.15) is 0 Å². The minimum absolute atomic E-state index is 0.00342. The summed E-state index contributed by atoms with van der Waals surface area (Å²) in [6.45, 7) is 0. The third-order valence-electron chi connectivity index (χ3n) is 3.93. The molecule has 0 bridgehead atoms. The second-order valence-electron chi connectivity index (χ2n) is 5.68. The minimum atomic E-state index is -0.571. The van der Waals surface area contributed by atoms with E-state index in [2.05, 4.69) is 27.9 Å². The van der Waals surface area contributed by atoms with E-state index in [0.29, 0.717) is 27.8 Å². The summed E-state index contributed by atoms with van der Waals surface area (Å²) in [5.41, 5.74) is 1.02. The predicted molar refractivity (Wildman–Crippen MR) is 120 cm³/mol.